The predicted molar refractivity (Wildman–Crippen MR) is 109 cm³/mol. The van der Waals surface area contributed by atoms with Crippen molar-refractivity contribution in [3.63, 3.8) is 0 Å². The lowest BCUT2D eigenvalue weighted by molar-refractivity contribution is -0.126. The minimum atomic E-state index is -1.64. The van der Waals surface area contributed by atoms with Crippen molar-refractivity contribution in [1.29, 1.82) is 0 Å². The van der Waals surface area contributed by atoms with E-state index in [1.165, 1.54) is 11.1 Å². The normalized spacial score (nSPS) is 24.3. The molecule has 1 N–H and O–H groups in total. The summed E-state index contributed by atoms with van der Waals surface area (Å²) < 4.78 is 5.57. The van der Waals surface area contributed by atoms with Crippen LogP contribution in [0, 0.1) is 0 Å². The van der Waals surface area contributed by atoms with Crippen LogP contribution in [0.2, 0.25) is 19.1 Å². The van der Waals surface area contributed by atoms with Crippen molar-refractivity contribution in [2.24, 2.45) is 0 Å². The van der Waals surface area contributed by atoms with Gasteiger partial charge in [-0.1, -0.05) is 37.4 Å². The molecule has 0 aromatic heterocycles. The van der Waals surface area contributed by atoms with Crippen molar-refractivity contribution >= 4 is 20.1 Å². The molecule has 2 atom stereocenters. The topological polar surface area (TPSA) is 58.6 Å². The lowest BCUT2D eigenvalue weighted by atomic mass is 9.87. The van der Waals surface area contributed by atoms with Gasteiger partial charge in [0.1, 0.15) is 11.6 Å². The van der Waals surface area contributed by atoms with E-state index in [-0.39, 0.29) is 18.0 Å². The number of amides is 2. The number of nitrogens with zero attached hydrogens (tertiary/aromatic N) is 1. The van der Waals surface area contributed by atoms with Crippen molar-refractivity contribution in [3.8, 4) is 0 Å². The van der Waals surface area contributed by atoms with Crippen LogP contribution >= 0.6 is 0 Å². The average Bonchev–Trinajstić information content (AvgIpc) is 2.90. The summed E-state index contributed by atoms with van der Waals surface area (Å²) in [6.07, 6.45) is 3.38. The summed E-state index contributed by atoms with van der Waals surface area (Å²) in [4.78, 5) is 27.5. The number of rotatable bonds is 2. The molecule has 0 spiro atoms. The highest BCUT2D eigenvalue weighted by Gasteiger charge is 2.46. The van der Waals surface area contributed by atoms with Crippen molar-refractivity contribution in [1.82, 2.24) is 10.2 Å². The third kappa shape index (κ3) is 4.72. The van der Waals surface area contributed by atoms with E-state index in [2.05, 4.69) is 36.6 Å². The molecular formula is C21H32N2O3Si. The molecule has 27 heavy (non-hydrogen) atoms. The Balaban J connectivity index is 1.75. The Morgan fingerprint density at radius 1 is 1.22 bits per heavy atom. The Morgan fingerprint density at radius 3 is 2.63 bits per heavy atom. The van der Waals surface area contributed by atoms with Crippen LogP contribution < -0.4 is 5.32 Å². The SMILES string of the molecule is CC(C)(C)OC(=O)N1C[Si](C)(C)C[C@H]1C(=O)NC1CCCc2ccccc21. The maximum Gasteiger partial charge on any atom is 0.410 e. The lowest BCUT2D eigenvalue weighted by Gasteiger charge is -2.31. The number of carbonyl (C=O) groups is 2. The van der Waals surface area contributed by atoms with Gasteiger partial charge >= 0.3 is 6.09 Å². The maximum absolute atomic E-state index is 13.2. The highest BCUT2D eigenvalue weighted by atomic mass is 28.3. The first-order chi connectivity index (χ1) is 12.6. The molecule has 148 valence electrons. The molecule has 0 bridgehead atoms. The monoisotopic (exact) mass is 388 g/mol. The second-order valence-electron chi connectivity index (χ2n) is 9.64. The van der Waals surface area contributed by atoms with E-state index in [0.717, 1.165) is 25.3 Å². The van der Waals surface area contributed by atoms with E-state index >= 15 is 0 Å². The van der Waals surface area contributed by atoms with Gasteiger partial charge in [0, 0.05) is 6.17 Å². The quantitative estimate of drug-likeness (QED) is 0.778. The third-order valence-corrected chi connectivity index (χ3v) is 8.03. The second kappa shape index (κ2) is 7.30. The van der Waals surface area contributed by atoms with Crippen molar-refractivity contribution in [3.05, 3.63) is 35.4 Å². The Hall–Kier alpha value is -1.82. The number of carbonyl (C=O) groups excluding carboxylic acids is 2. The number of aryl methyl sites for hydroxylation is 1. The fourth-order valence-electron chi connectivity index (χ4n) is 4.19. The van der Waals surface area contributed by atoms with Gasteiger partial charge in [0.25, 0.3) is 0 Å². The number of fused-ring (bicyclic) bond motifs is 1. The number of nitrogens with one attached hydrogen (secondary N) is 1. The number of benzene rings is 1. The van der Waals surface area contributed by atoms with Gasteiger partial charge in [-0.05, 0) is 57.2 Å². The van der Waals surface area contributed by atoms with Gasteiger partial charge in [0.2, 0.25) is 5.91 Å². The fourth-order valence-corrected chi connectivity index (χ4v) is 7.04. The Bertz CT molecular complexity index is 726. The molecule has 2 aliphatic rings. The third-order valence-electron chi connectivity index (χ3n) is 5.34. The predicted octanol–water partition coefficient (Wildman–Crippen LogP) is 4.05. The van der Waals surface area contributed by atoms with Crippen molar-refractivity contribution in [2.75, 3.05) is 6.17 Å². The van der Waals surface area contributed by atoms with Crippen LogP contribution in [0.4, 0.5) is 4.79 Å². The summed E-state index contributed by atoms with van der Waals surface area (Å²) in [5.41, 5.74) is 1.98. The molecule has 2 amide bonds. The summed E-state index contributed by atoms with van der Waals surface area (Å²) in [5, 5.41) is 3.24. The Labute approximate surface area is 163 Å². The fraction of sp³-hybridized carbons (Fsp3) is 0.619. The minimum absolute atomic E-state index is 0.0355. The van der Waals surface area contributed by atoms with Crippen LogP contribution in [0.1, 0.15) is 50.8 Å². The molecule has 5 nitrogen and oxygen atoms in total. The zero-order valence-electron chi connectivity index (χ0n) is 17.2. The summed E-state index contributed by atoms with van der Waals surface area (Å²) in [6, 6.07) is 8.74. The lowest BCUT2D eigenvalue weighted by Crippen LogP contribution is -2.48. The molecule has 1 fully saturated rings. The summed E-state index contributed by atoms with van der Waals surface area (Å²) in [7, 11) is -1.64. The summed E-state index contributed by atoms with van der Waals surface area (Å²) in [6.45, 7) is 10.0. The zero-order valence-corrected chi connectivity index (χ0v) is 18.2. The van der Waals surface area contributed by atoms with E-state index in [1.807, 2.05) is 26.8 Å². The van der Waals surface area contributed by atoms with E-state index in [4.69, 9.17) is 4.74 Å². The summed E-state index contributed by atoms with van der Waals surface area (Å²) >= 11 is 0. The molecule has 1 aromatic carbocycles. The zero-order chi connectivity index (χ0) is 19.8. The smallest absolute Gasteiger partial charge is 0.410 e. The van der Waals surface area contributed by atoms with Crippen LogP contribution in [0.5, 0.6) is 0 Å². The van der Waals surface area contributed by atoms with Crippen LogP contribution in [-0.4, -0.2) is 42.8 Å². The van der Waals surface area contributed by atoms with Gasteiger partial charge in [0.15, 0.2) is 0 Å². The van der Waals surface area contributed by atoms with Gasteiger partial charge in [-0.2, -0.15) is 0 Å². The molecule has 1 saturated heterocycles. The van der Waals surface area contributed by atoms with Crippen LogP contribution in [0.15, 0.2) is 24.3 Å². The van der Waals surface area contributed by atoms with Gasteiger partial charge in [-0.3, -0.25) is 9.69 Å². The number of hydrogen-bond donors (Lipinski definition) is 1. The van der Waals surface area contributed by atoms with Crippen LogP contribution in [0.3, 0.4) is 0 Å². The molecule has 1 unspecified atom stereocenters. The molecule has 1 aliphatic heterocycles. The van der Waals surface area contributed by atoms with Crippen LogP contribution in [0.25, 0.3) is 0 Å². The second-order valence-corrected chi connectivity index (χ2v) is 14.7. The molecule has 1 aliphatic carbocycles. The largest absolute Gasteiger partial charge is 0.444 e. The Morgan fingerprint density at radius 2 is 1.93 bits per heavy atom. The molecule has 6 heteroatoms. The van der Waals surface area contributed by atoms with E-state index in [9.17, 15) is 9.59 Å². The van der Waals surface area contributed by atoms with Crippen molar-refractivity contribution in [2.45, 2.75) is 76.9 Å². The van der Waals surface area contributed by atoms with Gasteiger partial charge in [-0.25, -0.2) is 4.79 Å². The first-order valence-corrected chi connectivity index (χ1v) is 13.3. The molecule has 3 rings (SSSR count). The maximum atomic E-state index is 13.2. The first-order valence-electron chi connectivity index (χ1n) is 9.94. The first kappa shape index (κ1) is 19.9. The molecule has 0 saturated carbocycles. The van der Waals surface area contributed by atoms with Gasteiger partial charge < -0.3 is 10.1 Å². The van der Waals surface area contributed by atoms with Gasteiger partial charge in [0.05, 0.1) is 14.1 Å². The molecule has 1 heterocycles. The standard InChI is InChI=1S/C21H32N2O3Si/c1-21(2,3)26-20(25)23-14-27(4,5)13-18(23)19(24)22-17-12-8-10-15-9-6-7-11-16(15)17/h6-7,9,11,17-18H,8,10,12-14H2,1-5H3,(H,22,24)/t17?,18-/m0/s1. The van der Waals surface area contributed by atoms with E-state index in [0.29, 0.717) is 6.17 Å². The molecule has 0 radical (unpaired) electrons. The summed E-state index contributed by atoms with van der Waals surface area (Å²) in [5.74, 6) is -0.0411. The minimum Gasteiger partial charge on any atom is -0.444 e. The molecule has 1 aromatic rings. The van der Waals surface area contributed by atoms with Crippen LogP contribution in [-0.2, 0) is 16.0 Å². The van der Waals surface area contributed by atoms with E-state index in [1.54, 1.807) is 4.90 Å². The number of hydrogen-bond acceptors (Lipinski definition) is 3. The highest BCUT2D eigenvalue weighted by Crippen LogP contribution is 2.32. The Kier molecular flexibility index (Phi) is 5.39. The number of ether oxygens (including phenoxy) is 1. The average molecular weight is 389 g/mol. The highest BCUT2D eigenvalue weighted by molar-refractivity contribution is 6.79. The van der Waals surface area contributed by atoms with Gasteiger partial charge in [-0.15, -0.1) is 0 Å². The van der Waals surface area contributed by atoms with Crippen molar-refractivity contribution < 1.29 is 14.3 Å². The van der Waals surface area contributed by atoms with E-state index < -0.39 is 19.7 Å². The molecular weight excluding hydrogens is 356 g/mol.